The van der Waals surface area contributed by atoms with Gasteiger partial charge in [-0.1, -0.05) is 67.4 Å². The van der Waals surface area contributed by atoms with E-state index in [9.17, 15) is 4.57 Å². The van der Waals surface area contributed by atoms with Crippen molar-refractivity contribution < 1.29 is 18.7 Å². The maximum atomic E-state index is 10.5. The predicted octanol–water partition coefficient (Wildman–Crippen LogP) is 4.64. The van der Waals surface area contributed by atoms with E-state index in [-0.39, 0.29) is 5.41 Å². The van der Waals surface area contributed by atoms with Crippen LogP contribution in [0.3, 0.4) is 0 Å². The molecule has 30 heavy (non-hydrogen) atoms. The van der Waals surface area contributed by atoms with E-state index in [0.29, 0.717) is 6.61 Å². The minimum atomic E-state index is -2.79. The van der Waals surface area contributed by atoms with Crippen molar-refractivity contribution in [2.45, 2.75) is 50.5 Å². The highest BCUT2D eigenvalue weighted by molar-refractivity contribution is 7.32. The average Bonchev–Trinajstić information content (AvgIpc) is 2.73. The van der Waals surface area contributed by atoms with Gasteiger partial charge in [0, 0.05) is 12.0 Å². The third-order valence-corrected chi connectivity index (χ3v) is 6.29. The molecule has 0 bridgehead atoms. The van der Waals surface area contributed by atoms with Crippen LogP contribution in [0, 0.1) is 0 Å². The van der Waals surface area contributed by atoms with Crippen LogP contribution in [-0.4, -0.2) is 31.3 Å². The zero-order valence-corrected chi connectivity index (χ0v) is 18.6. The fourth-order valence-electron chi connectivity index (χ4n) is 3.98. The van der Waals surface area contributed by atoms with Crippen molar-refractivity contribution in [2.24, 2.45) is 0 Å². The number of hydrogen-bond acceptors (Lipinski definition) is 4. The maximum Gasteiger partial charge on any atom is 0.316 e. The summed E-state index contributed by atoms with van der Waals surface area (Å²) < 4.78 is 20.7. The SMILES string of the molecule is O=[PH](O)OCCCNCc1ccc(CCCCCC2(c3ccccc3)COC2)cc1. The van der Waals surface area contributed by atoms with Crippen LogP contribution in [0.5, 0.6) is 0 Å². The van der Waals surface area contributed by atoms with Crippen LogP contribution in [0.1, 0.15) is 48.8 Å². The number of ether oxygens (including phenoxy) is 1. The molecule has 0 aliphatic carbocycles. The highest BCUT2D eigenvalue weighted by Gasteiger charge is 2.39. The monoisotopic (exact) mass is 431 g/mol. The molecule has 1 aliphatic heterocycles. The Hall–Kier alpha value is -1.49. The Bertz CT molecular complexity index is 763. The minimum absolute atomic E-state index is 0.248. The van der Waals surface area contributed by atoms with Gasteiger partial charge in [-0.3, -0.25) is 4.57 Å². The van der Waals surface area contributed by atoms with Gasteiger partial charge < -0.3 is 19.5 Å². The van der Waals surface area contributed by atoms with E-state index in [2.05, 4.69) is 64.4 Å². The van der Waals surface area contributed by atoms with Crippen LogP contribution in [0.15, 0.2) is 54.6 Å². The standard InChI is InChI=1S/C24H34NO4P/c26-30(27)29-17-7-16-25-18-22-13-11-21(12-14-22)8-3-2-6-15-24(19-28-20-24)23-9-4-1-5-10-23/h1,4-5,9-14,25,30H,2-3,6-8,15-20H2,(H,26,27). The van der Waals surface area contributed by atoms with Gasteiger partial charge in [0.2, 0.25) is 0 Å². The minimum Gasteiger partial charge on any atom is -0.379 e. The molecule has 1 saturated heterocycles. The van der Waals surface area contributed by atoms with Crippen LogP contribution in [0.4, 0.5) is 0 Å². The van der Waals surface area contributed by atoms with E-state index < -0.39 is 8.25 Å². The van der Waals surface area contributed by atoms with Crippen molar-refractivity contribution in [3.05, 3.63) is 71.3 Å². The van der Waals surface area contributed by atoms with Gasteiger partial charge in [0.25, 0.3) is 0 Å². The molecule has 0 saturated carbocycles. The molecule has 1 aliphatic rings. The summed E-state index contributed by atoms with van der Waals surface area (Å²) in [6, 6.07) is 19.6. The number of unbranched alkanes of at least 4 members (excludes halogenated alkanes) is 2. The number of rotatable bonds is 14. The van der Waals surface area contributed by atoms with Gasteiger partial charge in [-0.2, -0.15) is 0 Å². The Morgan fingerprint density at radius 3 is 2.37 bits per heavy atom. The molecule has 164 valence electrons. The van der Waals surface area contributed by atoms with Crippen LogP contribution in [-0.2, 0) is 32.2 Å². The predicted molar refractivity (Wildman–Crippen MR) is 121 cm³/mol. The Balaban J connectivity index is 1.29. The lowest BCUT2D eigenvalue weighted by Crippen LogP contribution is -2.46. The smallest absolute Gasteiger partial charge is 0.316 e. The number of nitrogens with one attached hydrogen (secondary N) is 1. The van der Waals surface area contributed by atoms with Crippen molar-refractivity contribution in [1.29, 1.82) is 0 Å². The summed E-state index contributed by atoms with van der Waals surface area (Å²) in [6.07, 6.45) is 6.78. The van der Waals surface area contributed by atoms with E-state index in [1.54, 1.807) is 0 Å². The normalized spacial score (nSPS) is 16.2. The van der Waals surface area contributed by atoms with Gasteiger partial charge >= 0.3 is 8.25 Å². The molecule has 6 heteroatoms. The van der Waals surface area contributed by atoms with Gasteiger partial charge in [0.1, 0.15) is 0 Å². The molecule has 2 aromatic rings. The molecule has 1 heterocycles. The Kier molecular flexibility index (Phi) is 9.57. The quantitative estimate of drug-likeness (QED) is 0.337. The zero-order valence-electron chi connectivity index (χ0n) is 17.6. The summed E-state index contributed by atoms with van der Waals surface area (Å²) in [5.74, 6) is 0. The summed E-state index contributed by atoms with van der Waals surface area (Å²) in [6.45, 7) is 3.62. The summed E-state index contributed by atoms with van der Waals surface area (Å²) in [5.41, 5.74) is 4.32. The van der Waals surface area contributed by atoms with Gasteiger partial charge in [-0.15, -0.1) is 0 Å². The van der Waals surface area contributed by atoms with Crippen LogP contribution < -0.4 is 5.32 Å². The highest BCUT2D eigenvalue weighted by Crippen LogP contribution is 2.37. The molecule has 0 radical (unpaired) electrons. The molecule has 2 N–H and O–H groups in total. The fraction of sp³-hybridized carbons (Fsp3) is 0.500. The van der Waals surface area contributed by atoms with Gasteiger partial charge in [0.15, 0.2) is 0 Å². The molecule has 0 aromatic heterocycles. The van der Waals surface area contributed by atoms with Crippen LogP contribution in [0.2, 0.25) is 0 Å². The lowest BCUT2D eigenvalue weighted by Gasteiger charge is -2.42. The summed E-state index contributed by atoms with van der Waals surface area (Å²) in [5, 5.41) is 3.33. The van der Waals surface area contributed by atoms with E-state index in [0.717, 1.165) is 39.1 Å². The summed E-state index contributed by atoms with van der Waals surface area (Å²) in [4.78, 5) is 8.60. The maximum absolute atomic E-state index is 10.5. The first-order valence-corrected chi connectivity index (χ1v) is 12.2. The van der Waals surface area contributed by atoms with Crippen LogP contribution >= 0.6 is 8.25 Å². The topological polar surface area (TPSA) is 67.8 Å². The largest absolute Gasteiger partial charge is 0.379 e. The van der Waals surface area contributed by atoms with Gasteiger partial charge in [0.05, 0.1) is 19.8 Å². The highest BCUT2D eigenvalue weighted by atomic mass is 31.1. The van der Waals surface area contributed by atoms with E-state index in [1.807, 2.05) is 0 Å². The molecule has 1 fully saturated rings. The summed E-state index contributed by atoms with van der Waals surface area (Å²) >= 11 is 0. The van der Waals surface area contributed by atoms with Crippen LogP contribution in [0.25, 0.3) is 0 Å². The first-order valence-electron chi connectivity index (χ1n) is 11.0. The Morgan fingerprint density at radius 2 is 1.70 bits per heavy atom. The molecule has 2 aromatic carbocycles. The Morgan fingerprint density at radius 1 is 0.967 bits per heavy atom. The van der Waals surface area contributed by atoms with Gasteiger partial charge in [-0.25, -0.2) is 0 Å². The lowest BCUT2D eigenvalue weighted by molar-refractivity contribution is -0.0654. The molecule has 3 rings (SSSR count). The molecule has 5 nitrogen and oxygen atoms in total. The van der Waals surface area contributed by atoms with E-state index >= 15 is 0 Å². The van der Waals surface area contributed by atoms with Crippen molar-refractivity contribution >= 4 is 8.25 Å². The molecule has 1 unspecified atom stereocenters. The lowest BCUT2D eigenvalue weighted by atomic mass is 9.74. The molecule has 0 spiro atoms. The van der Waals surface area contributed by atoms with E-state index in [1.165, 1.54) is 42.4 Å². The molecular weight excluding hydrogens is 397 g/mol. The first-order chi connectivity index (χ1) is 14.7. The number of hydrogen-bond donors (Lipinski definition) is 2. The molecule has 1 atom stereocenters. The van der Waals surface area contributed by atoms with Crippen molar-refractivity contribution in [2.75, 3.05) is 26.4 Å². The average molecular weight is 432 g/mol. The van der Waals surface area contributed by atoms with Crippen molar-refractivity contribution in [3.8, 4) is 0 Å². The van der Waals surface area contributed by atoms with Crippen molar-refractivity contribution in [3.63, 3.8) is 0 Å². The molecule has 0 amide bonds. The third kappa shape index (κ3) is 7.33. The van der Waals surface area contributed by atoms with Gasteiger partial charge in [-0.05, 0) is 48.9 Å². The number of aryl methyl sites for hydroxylation is 1. The van der Waals surface area contributed by atoms with Crippen molar-refractivity contribution in [1.82, 2.24) is 5.32 Å². The first kappa shape index (κ1) is 23.2. The molecular formula is C24H34NO4P. The second-order valence-corrected chi connectivity index (χ2v) is 8.98. The zero-order chi connectivity index (χ0) is 21.1. The second-order valence-electron chi connectivity index (χ2n) is 8.16. The second kappa shape index (κ2) is 12.4. The summed E-state index contributed by atoms with van der Waals surface area (Å²) in [7, 11) is -2.79. The van der Waals surface area contributed by atoms with E-state index in [4.69, 9.17) is 9.63 Å². The third-order valence-electron chi connectivity index (χ3n) is 5.84. The fourth-order valence-corrected chi connectivity index (χ4v) is 4.30. The number of benzene rings is 2. The Labute approximate surface area is 180 Å².